The molecule has 0 aliphatic heterocycles. The van der Waals surface area contributed by atoms with E-state index in [2.05, 4.69) is 21.2 Å². The van der Waals surface area contributed by atoms with E-state index < -0.39 is 17.9 Å². The molecule has 1 unspecified atom stereocenters. The van der Waals surface area contributed by atoms with Crippen molar-refractivity contribution in [1.82, 2.24) is 5.32 Å². The van der Waals surface area contributed by atoms with Crippen LogP contribution in [0.5, 0.6) is 0 Å². The number of amides is 1. The fourth-order valence-electron chi connectivity index (χ4n) is 1.19. The Balaban J connectivity index is 2.77. The maximum atomic E-state index is 11.7. The molecule has 1 aromatic rings. The highest BCUT2D eigenvalue weighted by atomic mass is 79.9. The van der Waals surface area contributed by atoms with Crippen LogP contribution in [0.1, 0.15) is 24.2 Å². The maximum Gasteiger partial charge on any atom is 0.326 e. The van der Waals surface area contributed by atoms with Crippen LogP contribution in [-0.2, 0) is 4.79 Å². The number of hydrogen-bond donors (Lipinski definition) is 2. The second-order valence-corrected chi connectivity index (χ2v) is 4.36. The number of carbonyl (C=O) groups excluding carboxylic acids is 1. The number of hydrogen-bond acceptors (Lipinski definition) is 3. The van der Waals surface area contributed by atoms with Gasteiger partial charge in [0, 0.05) is 0 Å². The van der Waals surface area contributed by atoms with Crippen molar-refractivity contribution in [3.8, 4) is 0 Å². The van der Waals surface area contributed by atoms with Crippen molar-refractivity contribution >= 4 is 27.8 Å². The SMILES string of the molecule is CC(C)C(NC(=O)c1ccoc1Br)C(=O)O. The smallest absolute Gasteiger partial charge is 0.326 e. The highest BCUT2D eigenvalue weighted by Crippen LogP contribution is 2.17. The van der Waals surface area contributed by atoms with E-state index >= 15 is 0 Å². The Bertz CT molecular complexity index is 399. The van der Waals surface area contributed by atoms with E-state index in [4.69, 9.17) is 9.52 Å². The predicted molar refractivity (Wildman–Crippen MR) is 60.1 cm³/mol. The van der Waals surface area contributed by atoms with Gasteiger partial charge in [0.1, 0.15) is 6.04 Å². The Labute approximate surface area is 101 Å². The fourth-order valence-corrected chi connectivity index (χ4v) is 1.61. The molecule has 0 bridgehead atoms. The van der Waals surface area contributed by atoms with E-state index in [9.17, 15) is 9.59 Å². The van der Waals surface area contributed by atoms with Crippen LogP contribution in [0.3, 0.4) is 0 Å². The van der Waals surface area contributed by atoms with Gasteiger partial charge in [0.05, 0.1) is 11.8 Å². The average Bonchev–Trinajstić information content (AvgIpc) is 2.59. The van der Waals surface area contributed by atoms with E-state index in [1.165, 1.54) is 12.3 Å². The molecule has 1 rings (SSSR count). The highest BCUT2D eigenvalue weighted by Gasteiger charge is 2.25. The molecule has 0 aliphatic carbocycles. The van der Waals surface area contributed by atoms with E-state index in [-0.39, 0.29) is 16.2 Å². The molecule has 0 radical (unpaired) electrons. The summed E-state index contributed by atoms with van der Waals surface area (Å²) < 4.78 is 5.19. The van der Waals surface area contributed by atoms with Gasteiger partial charge in [-0.05, 0) is 27.9 Å². The van der Waals surface area contributed by atoms with E-state index in [1.807, 2.05) is 0 Å². The van der Waals surface area contributed by atoms with Gasteiger partial charge in [-0.3, -0.25) is 4.79 Å². The number of furan rings is 1. The summed E-state index contributed by atoms with van der Waals surface area (Å²) >= 11 is 3.06. The molecule has 5 nitrogen and oxygen atoms in total. The zero-order chi connectivity index (χ0) is 12.3. The molecule has 0 aliphatic rings. The molecular formula is C10H12BrNO4. The minimum atomic E-state index is -1.05. The van der Waals surface area contributed by atoms with Crippen LogP contribution >= 0.6 is 15.9 Å². The van der Waals surface area contributed by atoms with E-state index in [0.717, 1.165) is 0 Å². The predicted octanol–water partition coefficient (Wildman–Crippen LogP) is 1.88. The first-order valence-corrected chi connectivity index (χ1v) is 5.49. The Morgan fingerprint density at radius 1 is 1.50 bits per heavy atom. The third-order valence-electron chi connectivity index (χ3n) is 2.08. The molecule has 2 N–H and O–H groups in total. The molecular weight excluding hydrogens is 278 g/mol. The molecule has 0 aromatic carbocycles. The molecule has 1 aromatic heterocycles. The lowest BCUT2D eigenvalue weighted by molar-refractivity contribution is -0.140. The largest absolute Gasteiger partial charge is 0.480 e. The van der Waals surface area contributed by atoms with Crippen LogP contribution in [0.4, 0.5) is 0 Å². The number of carbonyl (C=O) groups is 2. The van der Waals surface area contributed by atoms with Crippen molar-refractivity contribution in [1.29, 1.82) is 0 Å². The molecule has 1 amide bonds. The van der Waals surface area contributed by atoms with Crippen molar-refractivity contribution in [3.05, 3.63) is 22.6 Å². The number of nitrogens with one attached hydrogen (secondary N) is 1. The molecule has 6 heteroatoms. The van der Waals surface area contributed by atoms with Crippen molar-refractivity contribution in [2.45, 2.75) is 19.9 Å². The number of rotatable bonds is 4. The van der Waals surface area contributed by atoms with Crippen LogP contribution in [0, 0.1) is 5.92 Å². The summed E-state index contributed by atoms with van der Waals surface area (Å²) in [7, 11) is 0. The Morgan fingerprint density at radius 3 is 2.50 bits per heavy atom. The minimum absolute atomic E-state index is 0.188. The second kappa shape index (κ2) is 5.16. The fraction of sp³-hybridized carbons (Fsp3) is 0.400. The van der Waals surface area contributed by atoms with Crippen LogP contribution in [-0.4, -0.2) is 23.0 Å². The van der Waals surface area contributed by atoms with Gasteiger partial charge in [-0.2, -0.15) is 0 Å². The lowest BCUT2D eigenvalue weighted by atomic mass is 10.0. The molecule has 88 valence electrons. The molecule has 16 heavy (non-hydrogen) atoms. The second-order valence-electron chi connectivity index (χ2n) is 3.64. The molecule has 0 saturated carbocycles. The first-order chi connectivity index (χ1) is 7.43. The standard InChI is InChI=1S/C10H12BrNO4/c1-5(2)7(10(14)15)12-9(13)6-3-4-16-8(6)11/h3-5,7H,1-2H3,(H,12,13)(H,14,15). The van der Waals surface area contributed by atoms with Gasteiger partial charge < -0.3 is 14.8 Å². The summed E-state index contributed by atoms with van der Waals surface area (Å²) in [5.41, 5.74) is 0.284. The van der Waals surface area contributed by atoms with E-state index in [0.29, 0.717) is 0 Å². The maximum absolute atomic E-state index is 11.7. The summed E-state index contributed by atoms with van der Waals surface area (Å²) in [5, 5.41) is 11.3. The van der Waals surface area contributed by atoms with Crippen molar-refractivity contribution in [2.75, 3.05) is 0 Å². The minimum Gasteiger partial charge on any atom is -0.480 e. The third kappa shape index (κ3) is 2.85. The summed E-state index contributed by atoms with van der Waals surface area (Å²) in [6.45, 7) is 3.45. The zero-order valence-corrected chi connectivity index (χ0v) is 10.4. The number of carboxylic acid groups (broad SMARTS) is 1. The van der Waals surface area contributed by atoms with Crippen LogP contribution in [0.15, 0.2) is 21.4 Å². The molecule has 0 spiro atoms. The Kier molecular flexibility index (Phi) is 4.12. The first kappa shape index (κ1) is 12.8. The van der Waals surface area contributed by atoms with Crippen LogP contribution in [0.25, 0.3) is 0 Å². The summed E-state index contributed by atoms with van der Waals surface area (Å²) in [6.07, 6.45) is 1.35. The zero-order valence-electron chi connectivity index (χ0n) is 8.86. The molecule has 1 atom stereocenters. The summed E-state index contributed by atoms with van der Waals surface area (Å²) in [4.78, 5) is 22.6. The van der Waals surface area contributed by atoms with Crippen molar-refractivity contribution in [3.63, 3.8) is 0 Å². The van der Waals surface area contributed by atoms with Gasteiger partial charge in [0.25, 0.3) is 5.91 Å². The lowest BCUT2D eigenvalue weighted by Crippen LogP contribution is -2.44. The Morgan fingerprint density at radius 2 is 2.12 bits per heavy atom. The first-order valence-electron chi connectivity index (χ1n) is 4.70. The van der Waals surface area contributed by atoms with Crippen LogP contribution in [0.2, 0.25) is 0 Å². The lowest BCUT2D eigenvalue weighted by Gasteiger charge is -2.17. The van der Waals surface area contributed by atoms with E-state index in [1.54, 1.807) is 13.8 Å². The van der Waals surface area contributed by atoms with Gasteiger partial charge in [-0.15, -0.1) is 0 Å². The normalized spacial score (nSPS) is 12.5. The van der Waals surface area contributed by atoms with Gasteiger partial charge in [0.15, 0.2) is 4.67 Å². The highest BCUT2D eigenvalue weighted by molar-refractivity contribution is 9.10. The monoisotopic (exact) mass is 289 g/mol. The van der Waals surface area contributed by atoms with Crippen molar-refractivity contribution < 1.29 is 19.1 Å². The topological polar surface area (TPSA) is 79.5 Å². The quantitative estimate of drug-likeness (QED) is 0.887. The molecule has 1 heterocycles. The third-order valence-corrected chi connectivity index (χ3v) is 2.70. The van der Waals surface area contributed by atoms with Crippen molar-refractivity contribution in [2.24, 2.45) is 5.92 Å². The molecule has 0 saturated heterocycles. The number of carboxylic acids is 1. The van der Waals surface area contributed by atoms with Gasteiger partial charge in [0.2, 0.25) is 0 Å². The Hall–Kier alpha value is -1.30. The number of aliphatic carboxylic acids is 1. The van der Waals surface area contributed by atoms with Gasteiger partial charge >= 0.3 is 5.97 Å². The number of halogens is 1. The van der Waals surface area contributed by atoms with Gasteiger partial charge in [-0.25, -0.2) is 4.79 Å². The summed E-state index contributed by atoms with van der Waals surface area (Å²) in [5.74, 6) is -1.71. The van der Waals surface area contributed by atoms with Crippen LogP contribution < -0.4 is 5.32 Å². The average molecular weight is 290 g/mol. The molecule has 0 fully saturated rings. The summed E-state index contributed by atoms with van der Waals surface area (Å²) in [6, 6.07) is 0.563. The van der Waals surface area contributed by atoms with Gasteiger partial charge in [-0.1, -0.05) is 13.8 Å².